The number of carbonyl (C=O) groups excluding carboxylic acids is 1. The lowest BCUT2D eigenvalue weighted by atomic mass is 10.1. The molecule has 0 saturated carbocycles. The van der Waals surface area contributed by atoms with Gasteiger partial charge < -0.3 is 19.5 Å². The average molecular weight is 458 g/mol. The Morgan fingerprint density at radius 2 is 1.70 bits per heavy atom. The predicted molar refractivity (Wildman–Crippen MR) is 121 cm³/mol. The Bertz CT molecular complexity index is 1040. The molecule has 1 aromatic heterocycles. The maximum atomic E-state index is 13.1. The fourth-order valence-corrected chi connectivity index (χ4v) is 2.97. The second kappa shape index (κ2) is 11.8. The number of halogens is 1. The number of ether oxygens (including phenoxy) is 3. The summed E-state index contributed by atoms with van der Waals surface area (Å²) in [4.78, 5) is 12.8. The molecule has 3 rings (SSSR count). The van der Waals surface area contributed by atoms with Gasteiger partial charge >= 0.3 is 0 Å². The van der Waals surface area contributed by atoms with Crippen LogP contribution in [0.1, 0.15) is 40.0 Å². The topological polar surface area (TPSA) is 95.7 Å². The van der Waals surface area contributed by atoms with Crippen LogP contribution in [0.3, 0.4) is 0 Å². The molecule has 2 aromatic carbocycles. The zero-order chi connectivity index (χ0) is 23.6. The summed E-state index contributed by atoms with van der Waals surface area (Å²) < 4.78 is 35.3. The van der Waals surface area contributed by atoms with Crippen LogP contribution in [0.4, 0.5) is 10.2 Å². The predicted octanol–water partition coefficient (Wildman–Crippen LogP) is 5.25. The summed E-state index contributed by atoms with van der Waals surface area (Å²) in [6.07, 6.45) is 1.30. The van der Waals surface area contributed by atoms with Crippen molar-refractivity contribution in [3.8, 4) is 28.5 Å². The molecule has 0 saturated heterocycles. The molecule has 176 valence electrons. The minimum atomic E-state index is -0.812. The number of hydrogen-bond acceptors (Lipinski definition) is 7. The third-order valence-corrected chi connectivity index (χ3v) is 4.63. The van der Waals surface area contributed by atoms with E-state index in [9.17, 15) is 9.18 Å². The van der Waals surface area contributed by atoms with E-state index in [1.54, 1.807) is 18.2 Å². The van der Waals surface area contributed by atoms with Crippen molar-refractivity contribution >= 4 is 11.7 Å². The number of hydrogen-bond donors (Lipinski definition) is 1. The van der Waals surface area contributed by atoms with Gasteiger partial charge in [-0.3, -0.25) is 4.79 Å². The summed E-state index contributed by atoms with van der Waals surface area (Å²) in [6, 6.07) is 10.8. The lowest BCUT2D eigenvalue weighted by Gasteiger charge is -2.16. The van der Waals surface area contributed by atoms with Crippen molar-refractivity contribution in [2.24, 2.45) is 0 Å². The Hall–Kier alpha value is -3.62. The summed E-state index contributed by atoms with van der Waals surface area (Å²) in [7, 11) is 0. The first kappa shape index (κ1) is 24.0. The van der Waals surface area contributed by atoms with E-state index in [0.717, 1.165) is 12.8 Å². The van der Waals surface area contributed by atoms with Crippen molar-refractivity contribution in [1.82, 2.24) is 10.3 Å². The maximum Gasteiger partial charge on any atom is 0.266 e. The molecule has 1 heterocycles. The largest absolute Gasteiger partial charge is 0.490 e. The van der Waals surface area contributed by atoms with Crippen molar-refractivity contribution in [3.05, 3.63) is 48.3 Å². The molecule has 8 nitrogen and oxygen atoms in total. The van der Waals surface area contributed by atoms with Crippen molar-refractivity contribution in [2.45, 2.75) is 46.1 Å². The molecule has 0 fully saturated rings. The molecule has 33 heavy (non-hydrogen) atoms. The summed E-state index contributed by atoms with van der Waals surface area (Å²) in [5.74, 6) is 0.946. The molecule has 0 unspecified atom stereocenters. The van der Waals surface area contributed by atoms with E-state index >= 15 is 0 Å². The molecule has 0 aliphatic carbocycles. The normalized spacial score (nSPS) is 11.6. The number of nitrogens with zero attached hydrogens (tertiary/aromatic N) is 2. The van der Waals surface area contributed by atoms with Crippen molar-refractivity contribution in [3.63, 3.8) is 0 Å². The Balaban J connectivity index is 1.78. The molecule has 0 aliphatic rings. The van der Waals surface area contributed by atoms with Gasteiger partial charge in [0.05, 0.1) is 13.2 Å². The molecular weight excluding hydrogens is 429 g/mol. The third kappa shape index (κ3) is 6.44. The van der Waals surface area contributed by atoms with E-state index in [1.807, 2.05) is 20.8 Å². The minimum Gasteiger partial charge on any atom is -0.490 e. The Morgan fingerprint density at radius 1 is 1.00 bits per heavy atom. The number of benzene rings is 2. The molecule has 0 aliphatic heterocycles. The van der Waals surface area contributed by atoms with E-state index in [0.29, 0.717) is 48.1 Å². The van der Waals surface area contributed by atoms with E-state index < -0.39 is 12.0 Å². The van der Waals surface area contributed by atoms with Gasteiger partial charge in [0.25, 0.3) is 5.91 Å². The molecule has 1 amide bonds. The molecule has 3 aromatic rings. The fraction of sp³-hybridized carbons (Fsp3) is 0.375. The molecule has 0 spiro atoms. The van der Waals surface area contributed by atoms with Gasteiger partial charge in [-0.25, -0.2) is 9.02 Å². The van der Waals surface area contributed by atoms with E-state index in [2.05, 4.69) is 15.6 Å². The Kier molecular flexibility index (Phi) is 8.63. The molecule has 1 N–H and O–H groups in total. The van der Waals surface area contributed by atoms with Crippen LogP contribution in [0.5, 0.6) is 17.2 Å². The van der Waals surface area contributed by atoms with Crippen molar-refractivity contribution in [1.29, 1.82) is 0 Å². The first-order chi connectivity index (χ1) is 16.0. The standard InChI is InChI=1S/C24H28FN3O5/c1-4-13-30-20-12-7-16(15-21(20)31-14-5-2)22-23(28-33-27-22)26-24(29)19(6-3)32-18-10-8-17(25)9-11-18/h7-12,15,19H,4-6,13-14H2,1-3H3,(H,26,28,29)/t19-/m0/s1. The van der Waals surface area contributed by atoms with E-state index in [-0.39, 0.29) is 11.6 Å². The van der Waals surface area contributed by atoms with Crippen LogP contribution in [0.2, 0.25) is 0 Å². The smallest absolute Gasteiger partial charge is 0.266 e. The van der Waals surface area contributed by atoms with Gasteiger partial charge in [-0.05, 0) is 72.0 Å². The summed E-state index contributed by atoms with van der Waals surface area (Å²) in [5.41, 5.74) is 0.998. The van der Waals surface area contributed by atoms with Gasteiger partial charge in [0, 0.05) is 5.56 Å². The molecular formula is C24H28FN3O5. The monoisotopic (exact) mass is 457 g/mol. The van der Waals surface area contributed by atoms with Crippen molar-refractivity contribution < 1.29 is 28.0 Å². The van der Waals surface area contributed by atoms with Gasteiger partial charge in [-0.15, -0.1) is 0 Å². The van der Waals surface area contributed by atoms with Crippen LogP contribution in [0.25, 0.3) is 11.3 Å². The fourth-order valence-electron chi connectivity index (χ4n) is 2.97. The van der Waals surface area contributed by atoms with Gasteiger partial charge in [0.1, 0.15) is 11.6 Å². The number of carbonyl (C=O) groups is 1. The molecule has 0 bridgehead atoms. The summed E-state index contributed by atoms with van der Waals surface area (Å²) in [5, 5.41) is 10.5. The average Bonchev–Trinajstić information content (AvgIpc) is 3.29. The minimum absolute atomic E-state index is 0.157. The number of aromatic nitrogens is 2. The Labute approximate surface area is 192 Å². The molecule has 1 atom stereocenters. The van der Waals surface area contributed by atoms with Crippen LogP contribution in [0.15, 0.2) is 47.1 Å². The van der Waals surface area contributed by atoms with Gasteiger partial charge in [0.2, 0.25) is 5.82 Å². The van der Waals surface area contributed by atoms with Gasteiger partial charge in [-0.2, -0.15) is 0 Å². The van der Waals surface area contributed by atoms with E-state index in [4.69, 9.17) is 18.8 Å². The molecule has 9 heteroatoms. The lowest BCUT2D eigenvalue weighted by Crippen LogP contribution is -2.32. The highest BCUT2D eigenvalue weighted by atomic mass is 19.1. The Morgan fingerprint density at radius 3 is 2.36 bits per heavy atom. The second-order valence-corrected chi connectivity index (χ2v) is 7.28. The van der Waals surface area contributed by atoms with Crippen LogP contribution in [-0.4, -0.2) is 35.5 Å². The molecule has 0 radical (unpaired) electrons. The number of rotatable bonds is 12. The highest BCUT2D eigenvalue weighted by Gasteiger charge is 2.23. The van der Waals surface area contributed by atoms with Crippen LogP contribution >= 0.6 is 0 Å². The van der Waals surface area contributed by atoms with E-state index in [1.165, 1.54) is 24.3 Å². The van der Waals surface area contributed by atoms with Gasteiger partial charge in [0.15, 0.2) is 23.3 Å². The number of amides is 1. The second-order valence-electron chi connectivity index (χ2n) is 7.28. The summed E-state index contributed by atoms with van der Waals surface area (Å²) in [6.45, 7) is 6.96. The highest BCUT2D eigenvalue weighted by molar-refractivity contribution is 5.96. The third-order valence-electron chi connectivity index (χ3n) is 4.63. The number of nitrogens with one attached hydrogen (secondary N) is 1. The van der Waals surface area contributed by atoms with Crippen LogP contribution in [0, 0.1) is 5.82 Å². The summed E-state index contributed by atoms with van der Waals surface area (Å²) >= 11 is 0. The number of anilines is 1. The zero-order valence-corrected chi connectivity index (χ0v) is 19.0. The lowest BCUT2D eigenvalue weighted by molar-refractivity contribution is -0.122. The highest BCUT2D eigenvalue weighted by Crippen LogP contribution is 2.34. The zero-order valence-electron chi connectivity index (χ0n) is 19.0. The maximum absolute atomic E-state index is 13.1. The van der Waals surface area contributed by atoms with Crippen LogP contribution in [-0.2, 0) is 4.79 Å². The quantitative estimate of drug-likeness (QED) is 0.397. The van der Waals surface area contributed by atoms with Crippen molar-refractivity contribution in [2.75, 3.05) is 18.5 Å². The van der Waals surface area contributed by atoms with Gasteiger partial charge in [-0.1, -0.05) is 20.8 Å². The first-order valence-electron chi connectivity index (χ1n) is 11.0. The first-order valence-corrected chi connectivity index (χ1v) is 11.0. The SMILES string of the molecule is CCCOc1ccc(-c2nonc2NC(=O)[C@H](CC)Oc2ccc(F)cc2)cc1OCCC. The van der Waals surface area contributed by atoms with Crippen LogP contribution < -0.4 is 19.5 Å².